The van der Waals surface area contributed by atoms with Gasteiger partial charge in [-0.2, -0.15) is 0 Å². The van der Waals surface area contributed by atoms with Crippen molar-refractivity contribution in [3.63, 3.8) is 0 Å². The first-order chi connectivity index (χ1) is 22.0. The van der Waals surface area contributed by atoms with E-state index in [4.69, 9.17) is 18.9 Å². The summed E-state index contributed by atoms with van der Waals surface area (Å²) >= 11 is 0. The third kappa shape index (κ3) is 14.0. The van der Waals surface area contributed by atoms with Crippen LogP contribution in [-0.2, 0) is 9.53 Å². The molecule has 0 fully saturated rings. The molecule has 1 aromatic heterocycles. The number of pyridine rings is 1. The topological polar surface area (TPSA) is 84.0 Å². The van der Waals surface area contributed by atoms with Crippen LogP contribution >= 0.6 is 0 Å². The Kier molecular flexibility index (Phi) is 16.3. The molecule has 0 saturated heterocycles. The Morgan fingerprint density at radius 1 is 0.644 bits per heavy atom. The van der Waals surface area contributed by atoms with Gasteiger partial charge in [-0.15, -0.1) is 0 Å². The normalized spacial score (nSPS) is 10.7. The molecule has 242 valence electrons. The van der Waals surface area contributed by atoms with Gasteiger partial charge < -0.3 is 18.9 Å². The highest BCUT2D eigenvalue weighted by molar-refractivity contribution is 5.91. The predicted octanol–water partition coefficient (Wildman–Crippen LogP) is 9.55. The number of nitrogens with zero attached hydrogens (tertiary/aromatic N) is 1. The molecule has 3 aromatic rings. The molecule has 7 heteroatoms. The Morgan fingerprint density at radius 2 is 1.18 bits per heavy atom. The van der Waals surface area contributed by atoms with Crippen LogP contribution in [0, 0.1) is 0 Å². The van der Waals surface area contributed by atoms with E-state index in [-0.39, 0.29) is 5.97 Å². The number of esters is 2. The number of hydrogen-bond acceptors (Lipinski definition) is 7. The molecule has 2 aromatic carbocycles. The molecule has 0 unspecified atom stereocenters. The summed E-state index contributed by atoms with van der Waals surface area (Å²) in [5.74, 6) is 1.28. The second-order valence-electron chi connectivity index (χ2n) is 11.3. The number of benzene rings is 2. The lowest BCUT2D eigenvalue weighted by atomic mass is 10.1. The minimum absolute atomic E-state index is 0.297. The number of carbonyl (C=O) groups is 2. The van der Waals surface area contributed by atoms with Gasteiger partial charge in [0.1, 0.15) is 17.2 Å². The SMILES string of the molecule is C=C(C)C(=O)OCCCCCCCCCCCOc1ccc(C(=O)Oc2ccc(-c3ccc(OCCCCC)cn3)cc2)cc1. The summed E-state index contributed by atoms with van der Waals surface area (Å²) in [5.41, 5.74) is 2.68. The Balaban J connectivity index is 1.25. The van der Waals surface area contributed by atoms with Crippen molar-refractivity contribution in [3.8, 4) is 28.5 Å². The van der Waals surface area contributed by atoms with Crippen molar-refractivity contribution in [3.05, 3.63) is 84.6 Å². The van der Waals surface area contributed by atoms with Crippen LogP contribution in [0.1, 0.15) is 101 Å². The average Bonchev–Trinajstić information content (AvgIpc) is 3.06. The zero-order valence-corrected chi connectivity index (χ0v) is 27.1. The lowest BCUT2D eigenvalue weighted by Crippen LogP contribution is -2.08. The van der Waals surface area contributed by atoms with Crippen molar-refractivity contribution in [2.24, 2.45) is 0 Å². The fraction of sp³-hybridized carbons (Fsp3) is 0.447. The molecule has 7 nitrogen and oxygen atoms in total. The summed E-state index contributed by atoms with van der Waals surface area (Å²) in [6.07, 6.45) is 15.3. The highest BCUT2D eigenvalue weighted by atomic mass is 16.5. The van der Waals surface area contributed by atoms with Gasteiger partial charge in [-0.3, -0.25) is 4.98 Å². The molecule has 3 rings (SSSR count). The summed E-state index contributed by atoms with van der Waals surface area (Å²) in [4.78, 5) is 28.5. The Bertz CT molecular complexity index is 1290. The molecular weight excluding hydrogens is 566 g/mol. The van der Waals surface area contributed by atoms with Crippen LogP contribution in [0.5, 0.6) is 17.2 Å². The van der Waals surface area contributed by atoms with Crippen LogP contribution in [0.2, 0.25) is 0 Å². The molecule has 1 heterocycles. The Hall–Kier alpha value is -4.13. The van der Waals surface area contributed by atoms with Crippen molar-refractivity contribution in [1.29, 1.82) is 0 Å². The summed E-state index contributed by atoms with van der Waals surface area (Å²) in [7, 11) is 0. The van der Waals surface area contributed by atoms with Gasteiger partial charge in [0, 0.05) is 11.1 Å². The molecule has 0 aliphatic carbocycles. The smallest absolute Gasteiger partial charge is 0.343 e. The van der Waals surface area contributed by atoms with Gasteiger partial charge >= 0.3 is 11.9 Å². The van der Waals surface area contributed by atoms with Gasteiger partial charge in [0.15, 0.2) is 0 Å². The number of carbonyl (C=O) groups excluding carboxylic acids is 2. The van der Waals surface area contributed by atoms with Crippen LogP contribution < -0.4 is 14.2 Å². The zero-order chi connectivity index (χ0) is 32.1. The van der Waals surface area contributed by atoms with Crippen LogP contribution in [-0.4, -0.2) is 36.7 Å². The molecule has 0 amide bonds. The minimum atomic E-state index is -0.414. The lowest BCUT2D eigenvalue weighted by Gasteiger charge is -2.09. The lowest BCUT2D eigenvalue weighted by molar-refractivity contribution is -0.139. The molecule has 0 spiro atoms. The van der Waals surface area contributed by atoms with E-state index in [1.807, 2.05) is 36.4 Å². The molecule has 0 aliphatic rings. The predicted molar refractivity (Wildman–Crippen MR) is 179 cm³/mol. The highest BCUT2D eigenvalue weighted by Crippen LogP contribution is 2.23. The van der Waals surface area contributed by atoms with Crippen LogP contribution in [0.4, 0.5) is 0 Å². The van der Waals surface area contributed by atoms with Gasteiger partial charge in [0.25, 0.3) is 0 Å². The Morgan fingerprint density at radius 3 is 1.76 bits per heavy atom. The maximum Gasteiger partial charge on any atom is 0.343 e. The highest BCUT2D eigenvalue weighted by Gasteiger charge is 2.10. The van der Waals surface area contributed by atoms with E-state index >= 15 is 0 Å². The molecule has 0 bridgehead atoms. The first kappa shape index (κ1) is 35.4. The zero-order valence-electron chi connectivity index (χ0n) is 27.1. The molecule has 0 aliphatic heterocycles. The molecule has 0 saturated carbocycles. The van der Waals surface area contributed by atoms with E-state index in [0.29, 0.717) is 36.7 Å². The first-order valence-electron chi connectivity index (χ1n) is 16.4. The fourth-order valence-corrected chi connectivity index (χ4v) is 4.65. The number of aromatic nitrogens is 1. The van der Waals surface area contributed by atoms with Crippen molar-refractivity contribution >= 4 is 11.9 Å². The molecule has 0 N–H and O–H groups in total. The second kappa shape index (κ2) is 20.8. The van der Waals surface area contributed by atoms with E-state index in [2.05, 4.69) is 18.5 Å². The number of rotatable bonds is 22. The van der Waals surface area contributed by atoms with Gasteiger partial charge in [0.05, 0.1) is 37.3 Å². The van der Waals surface area contributed by atoms with E-state index in [9.17, 15) is 9.59 Å². The second-order valence-corrected chi connectivity index (χ2v) is 11.3. The fourth-order valence-electron chi connectivity index (χ4n) is 4.65. The molecule has 0 atom stereocenters. The van der Waals surface area contributed by atoms with Crippen LogP contribution in [0.3, 0.4) is 0 Å². The molecular formula is C38H49NO6. The third-order valence-corrected chi connectivity index (χ3v) is 7.34. The van der Waals surface area contributed by atoms with Gasteiger partial charge in [-0.1, -0.05) is 71.3 Å². The third-order valence-electron chi connectivity index (χ3n) is 7.34. The van der Waals surface area contributed by atoms with Crippen LogP contribution in [0.25, 0.3) is 11.3 Å². The quantitative estimate of drug-likeness (QED) is 0.0482. The van der Waals surface area contributed by atoms with Crippen molar-refractivity contribution < 1.29 is 28.5 Å². The van der Waals surface area contributed by atoms with Gasteiger partial charge in [-0.05, 0) is 86.8 Å². The summed E-state index contributed by atoms with van der Waals surface area (Å²) in [6.45, 7) is 9.26. The van der Waals surface area contributed by atoms with Crippen molar-refractivity contribution in [2.45, 2.75) is 90.9 Å². The van der Waals surface area contributed by atoms with Gasteiger partial charge in [-0.25, -0.2) is 9.59 Å². The maximum absolute atomic E-state index is 12.7. The van der Waals surface area contributed by atoms with E-state index in [0.717, 1.165) is 61.3 Å². The number of hydrogen-bond donors (Lipinski definition) is 0. The first-order valence-corrected chi connectivity index (χ1v) is 16.4. The average molecular weight is 616 g/mol. The maximum atomic E-state index is 12.7. The van der Waals surface area contributed by atoms with E-state index in [1.165, 1.54) is 38.5 Å². The molecule has 0 radical (unpaired) electrons. The molecule has 45 heavy (non-hydrogen) atoms. The minimum Gasteiger partial charge on any atom is -0.494 e. The summed E-state index contributed by atoms with van der Waals surface area (Å²) < 4.78 is 22.3. The largest absolute Gasteiger partial charge is 0.494 e. The monoisotopic (exact) mass is 615 g/mol. The standard InChI is InChI=1S/C38H49NO6/c1-4-5-13-26-43-35-24-25-36(39-29-35)31-16-22-34(23-17-31)45-38(41)32-18-20-33(21-19-32)42-27-14-11-9-7-6-8-10-12-15-28-44-37(40)30(2)3/h16-25,29H,2,4-15,26-28H2,1,3H3. The van der Waals surface area contributed by atoms with E-state index in [1.54, 1.807) is 37.4 Å². The number of unbranched alkanes of at least 4 members (excludes halogenated alkanes) is 10. The van der Waals surface area contributed by atoms with Crippen molar-refractivity contribution in [2.75, 3.05) is 19.8 Å². The number of ether oxygens (including phenoxy) is 4. The Labute approximate surface area is 269 Å². The summed E-state index contributed by atoms with van der Waals surface area (Å²) in [6, 6.07) is 18.3. The van der Waals surface area contributed by atoms with E-state index < -0.39 is 5.97 Å². The summed E-state index contributed by atoms with van der Waals surface area (Å²) in [5, 5.41) is 0. The van der Waals surface area contributed by atoms with Crippen molar-refractivity contribution in [1.82, 2.24) is 4.98 Å². The van der Waals surface area contributed by atoms with Crippen LogP contribution in [0.15, 0.2) is 79.0 Å². The van der Waals surface area contributed by atoms with Gasteiger partial charge in [0.2, 0.25) is 0 Å².